The van der Waals surface area contributed by atoms with Gasteiger partial charge >= 0.3 is 0 Å². The third-order valence-corrected chi connectivity index (χ3v) is 4.43. The summed E-state index contributed by atoms with van der Waals surface area (Å²) in [6.45, 7) is 4.49. The molecule has 152 valence electrons. The molecule has 0 saturated carbocycles. The summed E-state index contributed by atoms with van der Waals surface area (Å²) in [5.41, 5.74) is 4.02. The number of nitrogens with zero attached hydrogens (tertiary/aromatic N) is 3. The van der Waals surface area contributed by atoms with Crippen molar-refractivity contribution >= 4 is 22.6 Å². The predicted octanol–water partition coefficient (Wildman–Crippen LogP) is 4.15. The lowest BCUT2D eigenvalue weighted by atomic mass is 10.2. The van der Waals surface area contributed by atoms with Crippen molar-refractivity contribution in [3.63, 3.8) is 0 Å². The lowest BCUT2D eigenvalue weighted by Gasteiger charge is -2.07. The molecule has 7 heteroatoms. The van der Waals surface area contributed by atoms with Crippen molar-refractivity contribution in [2.24, 2.45) is 0 Å². The topological polar surface area (TPSA) is 78.3 Å². The second kappa shape index (κ2) is 8.65. The Bertz CT molecular complexity index is 1150. The Morgan fingerprint density at radius 3 is 2.30 bits per heavy atom. The van der Waals surface area contributed by atoms with Crippen LogP contribution in [0, 0.1) is 6.92 Å². The summed E-state index contributed by atoms with van der Waals surface area (Å²) < 4.78 is 11.0. The number of carbonyl (C=O) groups excluding carboxylic acids is 1. The van der Waals surface area contributed by atoms with Crippen LogP contribution in [0.25, 0.3) is 16.7 Å². The van der Waals surface area contributed by atoms with E-state index < -0.39 is 0 Å². The minimum absolute atomic E-state index is 0.0695. The van der Waals surface area contributed by atoms with Crippen LogP contribution in [0.2, 0.25) is 0 Å². The molecule has 1 N–H and O–H groups in total. The molecule has 0 aliphatic rings. The van der Waals surface area contributed by atoms with Gasteiger partial charge in [-0.2, -0.15) is 4.80 Å². The van der Waals surface area contributed by atoms with E-state index in [1.165, 1.54) is 0 Å². The van der Waals surface area contributed by atoms with Gasteiger partial charge in [-0.05, 0) is 68.4 Å². The summed E-state index contributed by atoms with van der Waals surface area (Å²) in [6, 6.07) is 20.5. The first-order valence-corrected chi connectivity index (χ1v) is 9.70. The van der Waals surface area contributed by atoms with Gasteiger partial charge in [-0.1, -0.05) is 17.7 Å². The van der Waals surface area contributed by atoms with E-state index >= 15 is 0 Å². The molecule has 0 unspecified atom stereocenters. The molecule has 1 aromatic heterocycles. The minimum Gasteiger partial charge on any atom is -0.494 e. The maximum absolute atomic E-state index is 12.2. The molecular weight excluding hydrogens is 380 g/mol. The van der Waals surface area contributed by atoms with Gasteiger partial charge < -0.3 is 14.8 Å². The largest absolute Gasteiger partial charge is 0.494 e. The standard InChI is InChI=1S/C23H22N4O3/c1-3-29-19-11-7-18(8-12-19)27-25-21-13-6-17(14-22(21)26-27)24-23(28)15-30-20-9-4-16(2)5-10-20/h4-14H,3,15H2,1-2H3,(H,24,28). The first kappa shape index (κ1) is 19.4. The molecule has 0 aliphatic heterocycles. The molecule has 0 aliphatic carbocycles. The molecule has 30 heavy (non-hydrogen) atoms. The first-order chi connectivity index (χ1) is 14.6. The molecule has 0 radical (unpaired) electrons. The summed E-state index contributed by atoms with van der Waals surface area (Å²) in [6.07, 6.45) is 0. The summed E-state index contributed by atoms with van der Waals surface area (Å²) in [5.74, 6) is 1.22. The second-order valence-corrected chi connectivity index (χ2v) is 6.77. The van der Waals surface area contributed by atoms with Gasteiger partial charge in [-0.25, -0.2) is 0 Å². The summed E-state index contributed by atoms with van der Waals surface area (Å²) >= 11 is 0. The first-order valence-electron chi connectivity index (χ1n) is 9.70. The molecule has 7 nitrogen and oxygen atoms in total. The van der Waals surface area contributed by atoms with Gasteiger partial charge in [0.2, 0.25) is 0 Å². The van der Waals surface area contributed by atoms with Gasteiger partial charge in [-0.15, -0.1) is 10.2 Å². The van der Waals surface area contributed by atoms with Gasteiger partial charge in [0, 0.05) is 5.69 Å². The Balaban J connectivity index is 1.42. The Labute approximate surface area is 174 Å². The zero-order valence-electron chi connectivity index (χ0n) is 16.8. The summed E-state index contributed by atoms with van der Waals surface area (Å²) in [5, 5.41) is 11.8. The van der Waals surface area contributed by atoms with Crippen LogP contribution in [-0.4, -0.2) is 34.1 Å². The number of anilines is 1. The summed E-state index contributed by atoms with van der Waals surface area (Å²) in [4.78, 5) is 13.8. The molecule has 0 atom stereocenters. The zero-order valence-corrected chi connectivity index (χ0v) is 16.8. The van der Waals surface area contributed by atoms with Crippen LogP contribution in [0.3, 0.4) is 0 Å². The highest BCUT2D eigenvalue weighted by molar-refractivity contribution is 5.93. The fourth-order valence-corrected chi connectivity index (χ4v) is 2.93. The van der Waals surface area contributed by atoms with E-state index in [1.807, 2.05) is 68.4 Å². The number of aryl methyl sites for hydroxylation is 1. The average Bonchev–Trinajstić information content (AvgIpc) is 3.17. The van der Waals surface area contributed by atoms with E-state index in [1.54, 1.807) is 16.9 Å². The van der Waals surface area contributed by atoms with E-state index in [0.717, 1.165) is 22.5 Å². The van der Waals surface area contributed by atoms with E-state index in [-0.39, 0.29) is 12.5 Å². The zero-order chi connectivity index (χ0) is 20.9. The van der Waals surface area contributed by atoms with Crippen LogP contribution >= 0.6 is 0 Å². The number of carbonyl (C=O) groups is 1. The quantitative estimate of drug-likeness (QED) is 0.503. The van der Waals surface area contributed by atoms with E-state index in [2.05, 4.69) is 15.5 Å². The predicted molar refractivity (Wildman–Crippen MR) is 115 cm³/mol. The molecule has 3 aromatic carbocycles. The number of nitrogens with one attached hydrogen (secondary N) is 1. The van der Waals surface area contributed by atoms with Crippen LogP contribution in [0.5, 0.6) is 11.5 Å². The maximum Gasteiger partial charge on any atom is 0.262 e. The normalized spacial score (nSPS) is 10.7. The lowest BCUT2D eigenvalue weighted by Crippen LogP contribution is -2.20. The highest BCUT2D eigenvalue weighted by Crippen LogP contribution is 2.19. The molecule has 1 heterocycles. The number of ether oxygens (including phenoxy) is 2. The van der Waals surface area contributed by atoms with Crippen LogP contribution in [0.1, 0.15) is 12.5 Å². The van der Waals surface area contributed by atoms with Crippen molar-refractivity contribution in [1.29, 1.82) is 0 Å². The van der Waals surface area contributed by atoms with Crippen molar-refractivity contribution in [2.45, 2.75) is 13.8 Å². The Kier molecular flexibility index (Phi) is 5.61. The van der Waals surface area contributed by atoms with Crippen LogP contribution < -0.4 is 14.8 Å². The third kappa shape index (κ3) is 4.57. The highest BCUT2D eigenvalue weighted by Gasteiger charge is 2.09. The van der Waals surface area contributed by atoms with E-state index in [9.17, 15) is 4.79 Å². The minimum atomic E-state index is -0.242. The lowest BCUT2D eigenvalue weighted by molar-refractivity contribution is -0.118. The molecule has 0 bridgehead atoms. The van der Waals surface area contributed by atoms with Crippen LogP contribution in [0.4, 0.5) is 5.69 Å². The smallest absolute Gasteiger partial charge is 0.262 e. The SMILES string of the molecule is CCOc1ccc(-n2nc3ccc(NC(=O)COc4ccc(C)cc4)cc3n2)cc1. The van der Waals surface area contributed by atoms with Gasteiger partial charge in [-0.3, -0.25) is 4.79 Å². The Morgan fingerprint density at radius 1 is 0.900 bits per heavy atom. The van der Waals surface area contributed by atoms with E-state index in [4.69, 9.17) is 9.47 Å². The Hall–Kier alpha value is -3.87. The number of aromatic nitrogens is 3. The second-order valence-electron chi connectivity index (χ2n) is 6.77. The number of amides is 1. The van der Waals surface area contributed by atoms with Gasteiger partial charge in [0.15, 0.2) is 6.61 Å². The molecule has 4 aromatic rings. The van der Waals surface area contributed by atoms with E-state index in [0.29, 0.717) is 23.6 Å². The highest BCUT2D eigenvalue weighted by atomic mass is 16.5. The van der Waals surface area contributed by atoms with Crippen molar-refractivity contribution in [3.8, 4) is 17.2 Å². The fourth-order valence-electron chi connectivity index (χ4n) is 2.93. The third-order valence-electron chi connectivity index (χ3n) is 4.43. The van der Waals surface area contributed by atoms with Crippen molar-refractivity contribution in [2.75, 3.05) is 18.5 Å². The van der Waals surface area contributed by atoms with Crippen molar-refractivity contribution < 1.29 is 14.3 Å². The fraction of sp³-hybridized carbons (Fsp3) is 0.174. The van der Waals surface area contributed by atoms with Gasteiger partial charge in [0.05, 0.1) is 12.3 Å². The number of fused-ring (bicyclic) bond motifs is 1. The number of hydrogen-bond donors (Lipinski definition) is 1. The molecular formula is C23H22N4O3. The van der Waals surface area contributed by atoms with Gasteiger partial charge in [0.1, 0.15) is 22.5 Å². The molecule has 4 rings (SSSR count). The molecule has 0 saturated heterocycles. The monoisotopic (exact) mass is 402 g/mol. The number of rotatable bonds is 7. The van der Waals surface area contributed by atoms with Crippen molar-refractivity contribution in [3.05, 3.63) is 72.3 Å². The Morgan fingerprint density at radius 2 is 1.57 bits per heavy atom. The summed E-state index contributed by atoms with van der Waals surface area (Å²) in [7, 11) is 0. The number of hydrogen-bond acceptors (Lipinski definition) is 5. The average molecular weight is 402 g/mol. The van der Waals surface area contributed by atoms with Crippen LogP contribution in [0.15, 0.2) is 66.7 Å². The van der Waals surface area contributed by atoms with Gasteiger partial charge in [0.25, 0.3) is 5.91 Å². The maximum atomic E-state index is 12.2. The van der Waals surface area contributed by atoms with Crippen molar-refractivity contribution in [1.82, 2.24) is 15.0 Å². The van der Waals surface area contributed by atoms with Crippen LogP contribution in [-0.2, 0) is 4.79 Å². The molecule has 1 amide bonds. The molecule has 0 fully saturated rings. The molecule has 0 spiro atoms. The number of benzene rings is 3.